The second kappa shape index (κ2) is 5.66. The van der Waals surface area contributed by atoms with E-state index in [4.69, 9.17) is 4.74 Å². The minimum absolute atomic E-state index is 0.310. The van der Waals surface area contributed by atoms with Crippen molar-refractivity contribution in [2.75, 3.05) is 0 Å². The fourth-order valence-electron chi connectivity index (χ4n) is 1.98. The molecule has 3 rings (SSSR count). The summed E-state index contributed by atoms with van der Waals surface area (Å²) in [6.45, 7) is 2.02. The Hall–Kier alpha value is -2.20. The van der Waals surface area contributed by atoms with Gasteiger partial charge in [-0.25, -0.2) is 9.79 Å². The quantitative estimate of drug-likeness (QED) is 0.609. The van der Waals surface area contributed by atoms with Crippen LogP contribution in [-0.2, 0) is 9.53 Å². The van der Waals surface area contributed by atoms with Crippen molar-refractivity contribution >= 4 is 33.9 Å². The normalized spacial score (nSPS) is 16.0. The molecule has 104 valence electrons. The third kappa shape index (κ3) is 2.95. The topological polar surface area (TPSA) is 38.7 Å². The molecule has 0 aliphatic carbocycles. The molecule has 0 fully saturated rings. The van der Waals surface area contributed by atoms with Gasteiger partial charge in [-0.05, 0) is 46.6 Å². The molecular weight excluding hydrogens is 330 g/mol. The molecule has 3 nitrogen and oxygen atoms in total. The van der Waals surface area contributed by atoms with Gasteiger partial charge < -0.3 is 4.74 Å². The molecule has 21 heavy (non-hydrogen) atoms. The zero-order valence-corrected chi connectivity index (χ0v) is 12.9. The van der Waals surface area contributed by atoms with Crippen LogP contribution in [0, 0.1) is 6.92 Å². The second-order valence-electron chi connectivity index (χ2n) is 4.73. The highest BCUT2D eigenvalue weighted by Crippen LogP contribution is 2.23. The highest BCUT2D eigenvalue weighted by atomic mass is 79.9. The largest absolute Gasteiger partial charge is 0.402 e. The highest BCUT2D eigenvalue weighted by molar-refractivity contribution is 9.10. The summed E-state index contributed by atoms with van der Waals surface area (Å²) in [7, 11) is 0. The van der Waals surface area contributed by atoms with E-state index in [1.807, 2.05) is 55.5 Å². The van der Waals surface area contributed by atoms with E-state index < -0.39 is 5.97 Å². The van der Waals surface area contributed by atoms with Crippen LogP contribution < -0.4 is 0 Å². The van der Waals surface area contributed by atoms with Crippen LogP contribution in [0.1, 0.15) is 16.7 Å². The molecule has 0 unspecified atom stereocenters. The molecule has 0 bridgehead atoms. The van der Waals surface area contributed by atoms with E-state index in [-0.39, 0.29) is 0 Å². The lowest BCUT2D eigenvalue weighted by Gasteiger charge is -2.01. The number of cyclic esters (lactones) is 1. The Morgan fingerprint density at radius 3 is 2.52 bits per heavy atom. The summed E-state index contributed by atoms with van der Waals surface area (Å²) in [6, 6.07) is 15.4. The number of carbonyl (C=O) groups is 1. The van der Waals surface area contributed by atoms with Crippen LogP contribution in [0.2, 0.25) is 0 Å². The smallest absolute Gasteiger partial charge is 0.363 e. The number of aliphatic imine (C=N–C) groups is 1. The zero-order valence-electron chi connectivity index (χ0n) is 11.3. The lowest BCUT2D eigenvalue weighted by atomic mass is 10.1. The first-order valence-electron chi connectivity index (χ1n) is 6.47. The molecule has 0 spiro atoms. The molecule has 0 amide bonds. The van der Waals surface area contributed by atoms with Gasteiger partial charge >= 0.3 is 5.97 Å². The third-order valence-electron chi connectivity index (χ3n) is 3.11. The molecule has 2 aromatic carbocycles. The third-order valence-corrected chi connectivity index (χ3v) is 3.80. The van der Waals surface area contributed by atoms with Crippen molar-refractivity contribution in [1.29, 1.82) is 0 Å². The van der Waals surface area contributed by atoms with Gasteiger partial charge in [-0.3, -0.25) is 0 Å². The summed E-state index contributed by atoms with van der Waals surface area (Å²) in [5.41, 5.74) is 3.16. The molecule has 0 N–H and O–H groups in total. The molecule has 0 atom stereocenters. The van der Waals surface area contributed by atoms with Gasteiger partial charge in [-0.1, -0.05) is 42.0 Å². The monoisotopic (exact) mass is 341 g/mol. The van der Waals surface area contributed by atoms with Crippen LogP contribution in [0.5, 0.6) is 0 Å². The molecule has 0 aromatic heterocycles. The van der Waals surface area contributed by atoms with E-state index in [1.165, 1.54) is 5.56 Å². The Kier molecular flexibility index (Phi) is 3.71. The minimum Gasteiger partial charge on any atom is -0.402 e. The first-order chi connectivity index (χ1) is 10.1. The maximum absolute atomic E-state index is 11.9. The van der Waals surface area contributed by atoms with Crippen LogP contribution in [0.3, 0.4) is 0 Å². The van der Waals surface area contributed by atoms with Gasteiger partial charge in [0.25, 0.3) is 0 Å². The fraction of sp³-hybridized carbons (Fsp3) is 0.0588. The van der Waals surface area contributed by atoms with E-state index >= 15 is 0 Å². The number of rotatable bonds is 2. The molecule has 2 aromatic rings. The summed E-state index contributed by atoms with van der Waals surface area (Å²) in [6.07, 6.45) is 1.73. The maximum Gasteiger partial charge on any atom is 0.363 e. The predicted octanol–water partition coefficient (Wildman–Crippen LogP) is 4.10. The molecule has 1 aliphatic rings. The second-order valence-corrected chi connectivity index (χ2v) is 5.58. The zero-order chi connectivity index (χ0) is 14.8. The number of esters is 1. The number of nitrogens with zero attached hydrogens (tertiary/aromatic N) is 1. The highest BCUT2D eigenvalue weighted by Gasteiger charge is 2.25. The van der Waals surface area contributed by atoms with Crippen molar-refractivity contribution in [3.8, 4) is 0 Å². The van der Waals surface area contributed by atoms with E-state index in [0.717, 1.165) is 15.6 Å². The van der Waals surface area contributed by atoms with Gasteiger partial charge in [0.15, 0.2) is 5.70 Å². The van der Waals surface area contributed by atoms with Crippen molar-refractivity contribution in [2.24, 2.45) is 4.99 Å². The number of hydrogen-bond donors (Lipinski definition) is 0. The minimum atomic E-state index is -0.429. The fourth-order valence-corrected chi connectivity index (χ4v) is 2.43. The lowest BCUT2D eigenvalue weighted by Crippen LogP contribution is -2.05. The molecule has 4 heteroatoms. The number of hydrogen-bond acceptors (Lipinski definition) is 3. The number of halogens is 1. The summed E-state index contributed by atoms with van der Waals surface area (Å²) in [5, 5.41) is 0. The van der Waals surface area contributed by atoms with Crippen LogP contribution in [0.4, 0.5) is 0 Å². The maximum atomic E-state index is 11.9. The van der Waals surface area contributed by atoms with Gasteiger partial charge in [-0.15, -0.1) is 0 Å². The number of ether oxygens (including phenoxy) is 1. The summed E-state index contributed by atoms with van der Waals surface area (Å²) >= 11 is 3.43. The van der Waals surface area contributed by atoms with Crippen LogP contribution >= 0.6 is 15.9 Å². The Morgan fingerprint density at radius 1 is 1.10 bits per heavy atom. The van der Waals surface area contributed by atoms with Crippen LogP contribution in [0.15, 0.2) is 63.7 Å². The summed E-state index contributed by atoms with van der Waals surface area (Å²) in [5.74, 6) is -0.104. The van der Waals surface area contributed by atoms with Crippen molar-refractivity contribution in [1.82, 2.24) is 0 Å². The Bertz CT molecular complexity index is 761. The number of benzene rings is 2. The molecule has 0 saturated carbocycles. The van der Waals surface area contributed by atoms with E-state index in [1.54, 1.807) is 6.08 Å². The van der Waals surface area contributed by atoms with Gasteiger partial charge in [0.1, 0.15) is 0 Å². The van der Waals surface area contributed by atoms with Crippen LogP contribution in [0.25, 0.3) is 6.08 Å². The molecule has 0 saturated heterocycles. The lowest BCUT2D eigenvalue weighted by molar-refractivity contribution is -0.129. The van der Waals surface area contributed by atoms with Crippen molar-refractivity contribution < 1.29 is 9.53 Å². The van der Waals surface area contributed by atoms with Crippen molar-refractivity contribution in [3.63, 3.8) is 0 Å². The predicted molar refractivity (Wildman–Crippen MR) is 85.9 cm³/mol. The van der Waals surface area contributed by atoms with Gasteiger partial charge in [0.05, 0.1) is 5.56 Å². The standard InChI is InChI=1S/C17H12BrNO2/c1-11-6-8-12(9-7-11)10-15-17(20)21-16(19-15)13-4-2-3-5-14(13)18/h2-10H,1H3/b15-10-. The van der Waals surface area contributed by atoms with E-state index in [2.05, 4.69) is 20.9 Å². The van der Waals surface area contributed by atoms with E-state index in [9.17, 15) is 4.79 Å². The molecular formula is C17H12BrNO2. The van der Waals surface area contributed by atoms with Gasteiger partial charge in [-0.2, -0.15) is 0 Å². The Balaban J connectivity index is 1.96. The molecule has 0 radical (unpaired) electrons. The number of carbonyl (C=O) groups excluding carboxylic acids is 1. The first-order valence-corrected chi connectivity index (χ1v) is 7.27. The summed E-state index contributed by atoms with van der Waals surface area (Å²) < 4.78 is 6.09. The van der Waals surface area contributed by atoms with E-state index in [0.29, 0.717) is 11.6 Å². The Morgan fingerprint density at radius 2 is 1.81 bits per heavy atom. The molecule has 1 heterocycles. The summed E-state index contributed by atoms with van der Waals surface area (Å²) in [4.78, 5) is 16.2. The SMILES string of the molecule is Cc1ccc(/C=C2\N=C(c3ccccc3Br)OC2=O)cc1. The van der Waals surface area contributed by atoms with Gasteiger partial charge in [0, 0.05) is 4.47 Å². The van der Waals surface area contributed by atoms with Crippen molar-refractivity contribution in [3.05, 3.63) is 75.4 Å². The average Bonchev–Trinajstić information content (AvgIpc) is 2.83. The Labute approximate surface area is 131 Å². The van der Waals surface area contributed by atoms with Crippen LogP contribution in [-0.4, -0.2) is 11.9 Å². The first kappa shape index (κ1) is 13.8. The van der Waals surface area contributed by atoms with Gasteiger partial charge in [0.2, 0.25) is 5.90 Å². The average molecular weight is 342 g/mol. The number of aryl methyl sites for hydroxylation is 1. The van der Waals surface area contributed by atoms with Crippen molar-refractivity contribution in [2.45, 2.75) is 6.92 Å². The molecule has 1 aliphatic heterocycles.